The molecule has 112 valence electrons. The van der Waals surface area contributed by atoms with Crippen molar-refractivity contribution >= 4 is 11.7 Å². The lowest BCUT2D eigenvalue weighted by atomic mass is 10.0. The second kappa shape index (κ2) is 5.00. The zero-order chi connectivity index (χ0) is 14.4. The van der Waals surface area contributed by atoms with Gasteiger partial charge in [0.15, 0.2) is 0 Å². The normalized spacial score (nSPS) is 35.4. The Hall–Kier alpha value is -1.58. The van der Waals surface area contributed by atoms with E-state index in [0.717, 1.165) is 42.5 Å². The number of nitrogens with zero attached hydrogens (tertiary/aromatic N) is 1. The van der Waals surface area contributed by atoms with E-state index in [4.69, 9.17) is 0 Å². The third kappa shape index (κ3) is 2.21. The van der Waals surface area contributed by atoms with Gasteiger partial charge in [-0.25, -0.2) is 4.98 Å². The van der Waals surface area contributed by atoms with Crippen molar-refractivity contribution < 1.29 is 4.79 Å². The lowest BCUT2D eigenvalue weighted by Crippen LogP contribution is -2.30. The quantitative estimate of drug-likeness (QED) is 0.874. The van der Waals surface area contributed by atoms with Crippen molar-refractivity contribution in [3.05, 3.63) is 23.9 Å². The summed E-state index contributed by atoms with van der Waals surface area (Å²) < 4.78 is 0. The highest BCUT2D eigenvalue weighted by Crippen LogP contribution is 2.65. The molecule has 4 unspecified atom stereocenters. The maximum Gasteiger partial charge on any atom is 0.253 e. The van der Waals surface area contributed by atoms with Crippen LogP contribution in [0.3, 0.4) is 0 Å². The number of rotatable bonds is 5. The molecule has 1 heterocycles. The van der Waals surface area contributed by atoms with E-state index >= 15 is 0 Å². The molecule has 0 saturated heterocycles. The fraction of sp³-hybridized carbons (Fsp3) is 0.647. The summed E-state index contributed by atoms with van der Waals surface area (Å²) in [5.74, 6) is 4.24. The van der Waals surface area contributed by atoms with Crippen molar-refractivity contribution in [3.8, 4) is 0 Å². The molecule has 1 amide bonds. The van der Waals surface area contributed by atoms with Gasteiger partial charge in [0, 0.05) is 18.8 Å². The minimum atomic E-state index is 0.0448. The minimum absolute atomic E-state index is 0.0448. The Balaban J connectivity index is 1.35. The second-order valence-electron chi connectivity index (χ2n) is 6.85. The van der Waals surface area contributed by atoms with E-state index in [1.165, 1.54) is 19.3 Å². The molecule has 1 aromatic rings. The summed E-state index contributed by atoms with van der Waals surface area (Å²) in [6, 6.07) is 4.20. The minimum Gasteiger partial charge on any atom is -0.370 e. The Kier molecular flexibility index (Phi) is 3.12. The van der Waals surface area contributed by atoms with Crippen LogP contribution in [-0.2, 0) is 0 Å². The number of fused-ring (bicyclic) bond motifs is 5. The van der Waals surface area contributed by atoms with E-state index in [1.54, 1.807) is 6.20 Å². The number of carbonyl (C=O) groups excluding carboxylic acids is 1. The van der Waals surface area contributed by atoms with Crippen LogP contribution in [0.15, 0.2) is 18.3 Å². The summed E-state index contributed by atoms with van der Waals surface area (Å²) in [6.07, 6.45) is 6.94. The zero-order valence-electron chi connectivity index (χ0n) is 12.5. The van der Waals surface area contributed by atoms with Gasteiger partial charge in [0.25, 0.3) is 5.91 Å². The monoisotopic (exact) mass is 285 g/mol. The molecule has 0 spiro atoms. The number of pyridine rings is 1. The molecular weight excluding hydrogens is 262 g/mol. The molecule has 4 rings (SSSR count). The van der Waals surface area contributed by atoms with Gasteiger partial charge in [0.05, 0.1) is 5.56 Å². The van der Waals surface area contributed by atoms with Gasteiger partial charge in [0.2, 0.25) is 0 Å². The second-order valence-corrected chi connectivity index (χ2v) is 6.85. The smallest absolute Gasteiger partial charge is 0.253 e. The Morgan fingerprint density at radius 1 is 1.29 bits per heavy atom. The van der Waals surface area contributed by atoms with Crippen LogP contribution in [0.4, 0.5) is 5.82 Å². The number of aromatic nitrogens is 1. The van der Waals surface area contributed by atoms with Gasteiger partial charge in [0.1, 0.15) is 5.82 Å². The van der Waals surface area contributed by atoms with Crippen LogP contribution in [0.5, 0.6) is 0 Å². The Labute approximate surface area is 125 Å². The van der Waals surface area contributed by atoms with Crippen molar-refractivity contribution in [3.63, 3.8) is 0 Å². The van der Waals surface area contributed by atoms with Crippen LogP contribution < -0.4 is 10.6 Å². The molecule has 1 aromatic heterocycles. The van der Waals surface area contributed by atoms with Crippen molar-refractivity contribution in [1.29, 1.82) is 0 Å². The zero-order valence-corrected chi connectivity index (χ0v) is 12.5. The van der Waals surface area contributed by atoms with E-state index in [0.29, 0.717) is 11.6 Å². The van der Waals surface area contributed by atoms with Gasteiger partial charge >= 0.3 is 0 Å². The molecule has 3 aliphatic rings. The summed E-state index contributed by atoms with van der Waals surface area (Å²) in [5, 5.41) is 6.46. The first-order valence-electron chi connectivity index (χ1n) is 8.28. The Morgan fingerprint density at radius 3 is 2.67 bits per heavy atom. The van der Waals surface area contributed by atoms with Gasteiger partial charge in [-0.15, -0.1) is 0 Å². The molecule has 0 aliphatic heterocycles. The number of hydrogen-bond donors (Lipinski definition) is 2. The summed E-state index contributed by atoms with van der Waals surface area (Å²) in [6.45, 7) is 3.03. The van der Waals surface area contributed by atoms with E-state index < -0.39 is 0 Å². The fourth-order valence-corrected chi connectivity index (χ4v) is 4.64. The molecule has 3 saturated carbocycles. The summed E-state index contributed by atoms with van der Waals surface area (Å²) in [5.41, 5.74) is 0.675. The van der Waals surface area contributed by atoms with Crippen molar-refractivity contribution in [1.82, 2.24) is 10.3 Å². The van der Waals surface area contributed by atoms with Crippen molar-refractivity contribution in [2.24, 2.45) is 23.7 Å². The van der Waals surface area contributed by atoms with Gasteiger partial charge in [-0.05, 0) is 61.5 Å². The average molecular weight is 285 g/mol. The lowest BCUT2D eigenvalue weighted by molar-refractivity contribution is 0.0944. The molecule has 3 aliphatic carbocycles. The molecule has 2 bridgehead atoms. The molecule has 0 aromatic carbocycles. The Morgan fingerprint density at radius 2 is 2.05 bits per heavy atom. The predicted octanol–water partition coefficient (Wildman–Crippen LogP) is 2.68. The van der Waals surface area contributed by atoms with E-state index in [9.17, 15) is 4.79 Å². The highest BCUT2D eigenvalue weighted by molar-refractivity contribution is 5.94. The fourth-order valence-electron chi connectivity index (χ4n) is 4.64. The summed E-state index contributed by atoms with van der Waals surface area (Å²) in [4.78, 5) is 16.6. The first-order valence-corrected chi connectivity index (χ1v) is 8.28. The average Bonchev–Trinajstić information content (AvgIpc) is 2.90. The van der Waals surface area contributed by atoms with Crippen LogP contribution in [-0.4, -0.2) is 23.5 Å². The first-order chi connectivity index (χ1) is 10.3. The van der Waals surface area contributed by atoms with Gasteiger partial charge in [-0.3, -0.25) is 4.79 Å². The van der Waals surface area contributed by atoms with Crippen LogP contribution in [0.2, 0.25) is 0 Å². The first kappa shape index (κ1) is 13.1. The van der Waals surface area contributed by atoms with Gasteiger partial charge < -0.3 is 10.6 Å². The Bertz CT molecular complexity index is 525. The maximum atomic E-state index is 12.3. The van der Waals surface area contributed by atoms with E-state index in [-0.39, 0.29) is 5.91 Å². The van der Waals surface area contributed by atoms with Crippen LogP contribution in [0.25, 0.3) is 0 Å². The largest absolute Gasteiger partial charge is 0.370 e. The highest BCUT2D eigenvalue weighted by Gasteiger charge is 2.65. The highest BCUT2D eigenvalue weighted by atomic mass is 16.1. The molecular formula is C17H23N3O. The van der Waals surface area contributed by atoms with Crippen molar-refractivity contribution in [2.45, 2.75) is 38.6 Å². The van der Waals surface area contributed by atoms with Gasteiger partial charge in [-0.1, -0.05) is 6.92 Å². The predicted molar refractivity (Wildman–Crippen MR) is 82.1 cm³/mol. The van der Waals surface area contributed by atoms with Crippen LogP contribution >= 0.6 is 0 Å². The topological polar surface area (TPSA) is 54.0 Å². The van der Waals surface area contributed by atoms with Crippen LogP contribution in [0, 0.1) is 23.7 Å². The molecule has 21 heavy (non-hydrogen) atoms. The molecule has 4 atom stereocenters. The van der Waals surface area contributed by atoms with E-state index in [1.807, 2.05) is 12.1 Å². The van der Waals surface area contributed by atoms with E-state index in [2.05, 4.69) is 22.5 Å². The number of hydrogen-bond acceptors (Lipinski definition) is 3. The molecule has 4 heteroatoms. The SMILES string of the molecule is CCCNc1ccc(C(=O)NC2C3C4CCC(C4)C23)cn1. The van der Waals surface area contributed by atoms with Gasteiger partial charge in [-0.2, -0.15) is 0 Å². The standard InChI is InChI=1S/C17H23N3O/c1-2-7-18-13-6-5-12(9-19-13)17(21)20-16-14-10-3-4-11(8-10)15(14)16/h5-6,9-11,14-16H,2-4,7-8H2,1H3,(H,18,19)(H,20,21). The number of carbonyl (C=O) groups is 1. The van der Waals surface area contributed by atoms with Crippen molar-refractivity contribution in [2.75, 3.05) is 11.9 Å². The molecule has 0 radical (unpaired) electrons. The summed E-state index contributed by atoms with van der Waals surface area (Å²) in [7, 11) is 0. The lowest BCUT2D eigenvalue weighted by Gasteiger charge is -2.11. The molecule has 4 nitrogen and oxygen atoms in total. The summed E-state index contributed by atoms with van der Waals surface area (Å²) >= 11 is 0. The molecule has 3 fully saturated rings. The van der Waals surface area contributed by atoms with Crippen LogP contribution in [0.1, 0.15) is 43.0 Å². The maximum absolute atomic E-state index is 12.3. The third-order valence-electron chi connectivity index (χ3n) is 5.61. The number of nitrogens with one attached hydrogen (secondary N) is 2. The third-order valence-corrected chi connectivity index (χ3v) is 5.61. The number of anilines is 1. The molecule has 2 N–H and O–H groups in total. The number of amides is 1.